The normalized spacial score (nSPS) is 16.6. The molecule has 0 atom stereocenters. The van der Waals surface area contributed by atoms with Crippen LogP contribution in [0.3, 0.4) is 0 Å². The highest BCUT2D eigenvalue weighted by atomic mass is 32.2. The molecule has 0 N–H and O–H groups in total. The van der Waals surface area contributed by atoms with Gasteiger partial charge in [0, 0.05) is 26.2 Å². The minimum Gasteiger partial charge on any atom is -0.495 e. The van der Waals surface area contributed by atoms with E-state index in [1.165, 1.54) is 16.3 Å². The van der Waals surface area contributed by atoms with Gasteiger partial charge in [0.25, 0.3) is 0 Å². The Morgan fingerprint density at radius 2 is 1.72 bits per heavy atom. The lowest BCUT2D eigenvalue weighted by atomic mass is 10.2. The van der Waals surface area contributed by atoms with Crippen LogP contribution in [0.15, 0.2) is 23.1 Å². The van der Waals surface area contributed by atoms with Crippen molar-refractivity contribution in [3.63, 3.8) is 0 Å². The maximum Gasteiger partial charge on any atom is 0.410 e. The maximum absolute atomic E-state index is 12.9. The zero-order valence-electron chi connectivity index (χ0n) is 15.4. The van der Waals surface area contributed by atoms with Gasteiger partial charge < -0.3 is 14.4 Å². The Bertz CT molecular complexity index is 732. The summed E-state index contributed by atoms with van der Waals surface area (Å²) in [5.74, 6) is 0.320. The van der Waals surface area contributed by atoms with E-state index in [9.17, 15) is 13.2 Å². The molecule has 1 saturated heterocycles. The summed E-state index contributed by atoms with van der Waals surface area (Å²) in [5, 5.41) is 0. The molecule has 1 aromatic carbocycles. The smallest absolute Gasteiger partial charge is 0.410 e. The van der Waals surface area contributed by atoms with Crippen molar-refractivity contribution in [1.29, 1.82) is 0 Å². The number of rotatable bonds is 3. The lowest BCUT2D eigenvalue weighted by molar-refractivity contribution is 0.0192. The Morgan fingerprint density at radius 1 is 1.12 bits per heavy atom. The first-order chi connectivity index (χ1) is 11.5. The minimum atomic E-state index is -3.68. The number of benzene rings is 1. The van der Waals surface area contributed by atoms with Crippen LogP contribution in [0.5, 0.6) is 5.75 Å². The van der Waals surface area contributed by atoms with Crippen LogP contribution in [0.25, 0.3) is 0 Å². The lowest BCUT2D eigenvalue weighted by Crippen LogP contribution is -2.51. The van der Waals surface area contributed by atoms with Gasteiger partial charge >= 0.3 is 6.09 Å². The Labute approximate surface area is 149 Å². The van der Waals surface area contributed by atoms with E-state index in [1.54, 1.807) is 39.0 Å². The third-order valence-corrected chi connectivity index (χ3v) is 5.75. The van der Waals surface area contributed by atoms with Gasteiger partial charge in [-0.05, 0) is 45.4 Å². The van der Waals surface area contributed by atoms with Crippen molar-refractivity contribution in [3.05, 3.63) is 23.8 Å². The summed E-state index contributed by atoms with van der Waals surface area (Å²) in [7, 11) is -2.23. The van der Waals surface area contributed by atoms with Crippen LogP contribution >= 0.6 is 0 Å². The molecule has 2 rings (SSSR count). The number of amides is 1. The van der Waals surface area contributed by atoms with Gasteiger partial charge in [-0.3, -0.25) is 0 Å². The molecule has 0 aromatic heterocycles. The average molecular weight is 370 g/mol. The predicted octanol–water partition coefficient (Wildman–Crippen LogP) is 2.25. The molecule has 0 bridgehead atoms. The molecule has 1 fully saturated rings. The topological polar surface area (TPSA) is 76.2 Å². The van der Waals surface area contributed by atoms with Crippen LogP contribution in [-0.4, -0.2) is 62.6 Å². The van der Waals surface area contributed by atoms with Crippen molar-refractivity contribution >= 4 is 16.1 Å². The molecule has 0 aliphatic carbocycles. The van der Waals surface area contributed by atoms with Crippen LogP contribution in [0.4, 0.5) is 4.79 Å². The summed E-state index contributed by atoms with van der Waals surface area (Å²) in [5.41, 5.74) is 0.265. The quantitative estimate of drug-likeness (QED) is 0.816. The van der Waals surface area contributed by atoms with Gasteiger partial charge in [-0.25, -0.2) is 13.2 Å². The highest BCUT2D eigenvalue weighted by Crippen LogP contribution is 2.28. The summed E-state index contributed by atoms with van der Waals surface area (Å²) in [6, 6.07) is 5.06. The summed E-state index contributed by atoms with van der Waals surface area (Å²) >= 11 is 0. The molecule has 8 heteroatoms. The van der Waals surface area contributed by atoms with E-state index in [0.717, 1.165) is 5.56 Å². The van der Waals surface area contributed by atoms with Crippen molar-refractivity contribution in [3.8, 4) is 5.75 Å². The first-order valence-electron chi connectivity index (χ1n) is 8.17. The Morgan fingerprint density at radius 3 is 2.24 bits per heavy atom. The molecule has 0 spiro atoms. The standard InChI is InChI=1S/C17H26N2O5S/c1-13-6-7-14(23-5)15(12-13)25(21,22)19-10-8-18(9-11-19)16(20)24-17(2,3)4/h6-7,12H,8-11H2,1-5H3. The molecule has 25 heavy (non-hydrogen) atoms. The van der Waals surface area contributed by atoms with E-state index in [1.807, 2.05) is 6.92 Å². The molecule has 1 aliphatic heterocycles. The number of hydrogen-bond donors (Lipinski definition) is 0. The number of ether oxygens (including phenoxy) is 2. The van der Waals surface area contributed by atoms with E-state index in [4.69, 9.17) is 9.47 Å². The number of sulfonamides is 1. The fourth-order valence-electron chi connectivity index (χ4n) is 2.56. The fourth-order valence-corrected chi connectivity index (χ4v) is 4.22. The first-order valence-corrected chi connectivity index (χ1v) is 9.61. The van der Waals surface area contributed by atoms with E-state index in [2.05, 4.69) is 0 Å². The van der Waals surface area contributed by atoms with Gasteiger partial charge in [-0.1, -0.05) is 6.07 Å². The van der Waals surface area contributed by atoms with Crippen molar-refractivity contribution in [2.24, 2.45) is 0 Å². The molecule has 7 nitrogen and oxygen atoms in total. The second-order valence-corrected chi connectivity index (χ2v) is 8.93. The molecule has 1 aliphatic rings. The molecule has 140 valence electrons. The Balaban J connectivity index is 2.12. The van der Waals surface area contributed by atoms with E-state index in [-0.39, 0.29) is 18.0 Å². The molecule has 1 heterocycles. The largest absolute Gasteiger partial charge is 0.495 e. The highest BCUT2D eigenvalue weighted by molar-refractivity contribution is 7.89. The number of carbonyl (C=O) groups excluding carboxylic acids is 1. The molecule has 1 aromatic rings. The SMILES string of the molecule is COc1ccc(C)cc1S(=O)(=O)N1CCN(C(=O)OC(C)(C)C)CC1. The molecular formula is C17H26N2O5S. The summed E-state index contributed by atoms with van der Waals surface area (Å²) < 4.78 is 37.8. The van der Waals surface area contributed by atoms with Crippen LogP contribution in [0.2, 0.25) is 0 Å². The molecule has 1 amide bonds. The highest BCUT2D eigenvalue weighted by Gasteiger charge is 2.33. The van der Waals surface area contributed by atoms with E-state index >= 15 is 0 Å². The number of methoxy groups -OCH3 is 1. The Hall–Kier alpha value is -1.80. The second-order valence-electron chi connectivity index (χ2n) is 7.03. The van der Waals surface area contributed by atoms with E-state index in [0.29, 0.717) is 18.8 Å². The predicted molar refractivity (Wildman–Crippen MR) is 94.3 cm³/mol. The third kappa shape index (κ3) is 4.64. The maximum atomic E-state index is 12.9. The number of hydrogen-bond acceptors (Lipinski definition) is 5. The zero-order chi connectivity index (χ0) is 18.8. The van der Waals surface area contributed by atoms with E-state index < -0.39 is 21.7 Å². The number of aryl methyl sites for hydroxylation is 1. The first kappa shape index (κ1) is 19.5. The molecule has 0 radical (unpaired) electrons. The summed E-state index contributed by atoms with van der Waals surface area (Å²) in [6.07, 6.45) is -0.419. The van der Waals surface area contributed by atoms with Crippen LogP contribution in [-0.2, 0) is 14.8 Å². The van der Waals surface area contributed by atoms with Gasteiger partial charge in [-0.15, -0.1) is 0 Å². The van der Waals surface area contributed by atoms with Gasteiger partial charge in [-0.2, -0.15) is 4.31 Å². The fraction of sp³-hybridized carbons (Fsp3) is 0.588. The third-order valence-electron chi connectivity index (χ3n) is 3.83. The Kier molecular flexibility index (Phi) is 5.63. The van der Waals surface area contributed by atoms with Crippen LogP contribution in [0, 0.1) is 6.92 Å². The van der Waals surface area contributed by atoms with Crippen molar-refractivity contribution in [2.75, 3.05) is 33.3 Å². The van der Waals surface area contributed by atoms with Gasteiger partial charge in [0.15, 0.2) is 0 Å². The minimum absolute atomic E-state index is 0.153. The second kappa shape index (κ2) is 7.21. The van der Waals surface area contributed by atoms with Gasteiger partial charge in [0.05, 0.1) is 7.11 Å². The summed E-state index contributed by atoms with van der Waals surface area (Å²) in [6.45, 7) is 8.27. The van der Waals surface area contributed by atoms with Crippen LogP contribution in [0.1, 0.15) is 26.3 Å². The molecule has 0 saturated carbocycles. The van der Waals surface area contributed by atoms with Crippen molar-refractivity contribution in [1.82, 2.24) is 9.21 Å². The van der Waals surface area contributed by atoms with Gasteiger partial charge in [0.2, 0.25) is 10.0 Å². The number of carbonyl (C=O) groups is 1. The average Bonchev–Trinajstić information content (AvgIpc) is 2.53. The van der Waals surface area contributed by atoms with Crippen molar-refractivity contribution in [2.45, 2.75) is 38.2 Å². The monoisotopic (exact) mass is 370 g/mol. The molecule has 0 unspecified atom stereocenters. The zero-order valence-corrected chi connectivity index (χ0v) is 16.2. The van der Waals surface area contributed by atoms with Crippen molar-refractivity contribution < 1.29 is 22.7 Å². The number of piperazine rings is 1. The molecular weight excluding hydrogens is 344 g/mol. The number of nitrogens with zero attached hydrogens (tertiary/aromatic N) is 2. The summed E-state index contributed by atoms with van der Waals surface area (Å²) in [4.78, 5) is 13.8. The lowest BCUT2D eigenvalue weighted by Gasteiger charge is -2.35. The van der Waals surface area contributed by atoms with Crippen LogP contribution < -0.4 is 4.74 Å². The van der Waals surface area contributed by atoms with Gasteiger partial charge in [0.1, 0.15) is 16.2 Å².